The molecule has 0 N–H and O–H groups in total. The van der Waals surface area contributed by atoms with Gasteiger partial charge in [-0.15, -0.1) is 0 Å². The third-order valence-corrected chi connectivity index (χ3v) is 3.44. The third kappa shape index (κ3) is 2.82. The number of carbonyl (C=O) groups is 1. The highest BCUT2D eigenvalue weighted by Crippen LogP contribution is 2.27. The molecule has 0 aromatic carbocycles. The summed E-state index contributed by atoms with van der Waals surface area (Å²) in [6.07, 6.45) is 10.6. The van der Waals surface area contributed by atoms with Gasteiger partial charge in [0, 0.05) is 11.1 Å². The molecule has 3 nitrogen and oxygen atoms in total. The van der Waals surface area contributed by atoms with Crippen molar-refractivity contribution in [2.75, 3.05) is 0 Å². The summed E-state index contributed by atoms with van der Waals surface area (Å²) in [5.74, 6) is 1.57. The molecule has 20 heavy (non-hydrogen) atoms. The molecular formula is C17H16O3. The maximum atomic E-state index is 12.6. The minimum atomic E-state index is 0.107. The lowest BCUT2D eigenvalue weighted by Crippen LogP contribution is -2.03. The molecule has 3 rings (SSSR count). The summed E-state index contributed by atoms with van der Waals surface area (Å²) in [4.78, 5) is 12.6. The fourth-order valence-corrected chi connectivity index (χ4v) is 2.43. The van der Waals surface area contributed by atoms with Crippen molar-refractivity contribution in [3.05, 3.63) is 59.5 Å². The molecule has 0 unspecified atom stereocenters. The highest BCUT2D eigenvalue weighted by Gasteiger charge is 2.19. The van der Waals surface area contributed by atoms with Crippen molar-refractivity contribution in [3.8, 4) is 0 Å². The molecule has 0 amide bonds. The molecule has 0 spiro atoms. The van der Waals surface area contributed by atoms with Gasteiger partial charge in [0.2, 0.25) is 0 Å². The lowest BCUT2D eigenvalue weighted by molar-refractivity contribution is -0.112. The lowest BCUT2D eigenvalue weighted by atomic mass is 10.0. The molecule has 0 radical (unpaired) electrons. The van der Waals surface area contributed by atoms with Crippen molar-refractivity contribution in [3.63, 3.8) is 0 Å². The van der Waals surface area contributed by atoms with Gasteiger partial charge in [0.1, 0.15) is 11.5 Å². The predicted octanol–water partition coefficient (Wildman–Crippen LogP) is 4.48. The first-order chi connectivity index (χ1) is 9.83. The minimum absolute atomic E-state index is 0.107. The molecular weight excluding hydrogens is 252 g/mol. The second-order valence-corrected chi connectivity index (χ2v) is 4.91. The highest BCUT2D eigenvalue weighted by molar-refractivity contribution is 6.13. The van der Waals surface area contributed by atoms with Crippen molar-refractivity contribution in [1.29, 1.82) is 0 Å². The fourth-order valence-electron chi connectivity index (χ4n) is 2.43. The van der Waals surface area contributed by atoms with E-state index in [9.17, 15) is 4.79 Å². The molecule has 102 valence electrons. The molecule has 0 aliphatic heterocycles. The standard InChI is InChI=1S/C17H16O3/c18-17-13(11-15-7-3-9-19-15)5-1-2-6-14(17)12-16-8-4-10-20-16/h3-4,7-12H,1-2,5-6H2. The van der Waals surface area contributed by atoms with E-state index in [1.807, 2.05) is 36.4 Å². The predicted molar refractivity (Wildman–Crippen MR) is 76.8 cm³/mol. The molecule has 2 aromatic heterocycles. The number of furan rings is 2. The number of ketones is 1. The number of carbonyl (C=O) groups excluding carboxylic acids is 1. The van der Waals surface area contributed by atoms with Crippen molar-refractivity contribution in [2.24, 2.45) is 0 Å². The Labute approximate surface area is 117 Å². The van der Waals surface area contributed by atoms with Crippen molar-refractivity contribution in [2.45, 2.75) is 25.7 Å². The van der Waals surface area contributed by atoms with Crippen LogP contribution in [-0.4, -0.2) is 5.78 Å². The Kier molecular flexibility index (Phi) is 3.68. The van der Waals surface area contributed by atoms with E-state index in [-0.39, 0.29) is 5.78 Å². The van der Waals surface area contributed by atoms with Gasteiger partial charge in [-0.1, -0.05) is 0 Å². The Hall–Kier alpha value is -2.29. The van der Waals surface area contributed by atoms with Crippen LogP contribution >= 0.6 is 0 Å². The maximum absolute atomic E-state index is 12.6. The molecule has 1 fully saturated rings. The van der Waals surface area contributed by atoms with Crippen LogP contribution in [0.4, 0.5) is 0 Å². The van der Waals surface area contributed by atoms with Crippen LogP contribution in [0.25, 0.3) is 12.2 Å². The lowest BCUT2D eigenvalue weighted by Gasteiger charge is -2.03. The van der Waals surface area contributed by atoms with Crippen molar-refractivity contribution >= 4 is 17.9 Å². The van der Waals surface area contributed by atoms with Gasteiger partial charge in [-0.05, 0) is 62.1 Å². The molecule has 0 atom stereocenters. The summed E-state index contributed by atoms with van der Waals surface area (Å²) in [6, 6.07) is 7.38. The Bertz CT molecular complexity index is 572. The van der Waals surface area contributed by atoms with Gasteiger partial charge in [-0.3, -0.25) is 4.79 Å². The van der Waals surface area contributed by atoms with Crippen LogP contribution in [-0.2, 0) is 4.79 Å². The van der Waals surface area contributed by atoms with E-state index in [1.54, 1.807) is 12.5 Å². The van der Waals surface area contributed by atoms with E-state index < -0.39 is 0 Å². The molecule has 1 saturated carbocycles. The number of rotatable bonds is 2. The summed E-state index contributed by atoms with van der Waals surface area (Å²) >= 11 is 0. The fraction of sp³-hybridized carbons (Fsp3) is 0.235. The average Bonchev–Trinajstić information content (AvgIpc) is 3.10. The highest BCUT2D eigenvalue weighted by atomic mass is 16.3. The van der Waals surface area contributed by atoms with Gasteiger partial charge in [-0.25, -0.2) is 0 Å². The van der Waals surface area contributed by atoms with Crippen LogP contribution in [0.2, 0.25) is 0 Å². The first kappa shape index (κ1) is 12.7. The first-order valence-electron chi connectivity index (χ1n) is 6.86. The summed E-state index contributed by atoms with van der Waals surface area (Å²) in [7, 11) is 0. The van der Waals surface area contributed by atoms with Crippen LogP contribution in [0.5, 0.6) is 0 Å². The van der Waals surface area contributed by atoms with Gasteiger partial charge in [0.05, 0.1) is 12.5 Å². The zero-order valence-corrected chi connectivity index (χ0v) is 11.2. The molecule has 1 aliphatic rings. The Balaban J connectivity index is 1.91. The van der Waals surface area contributed by atoms with E-state index in [4.69, 9.17) is 8.83 Å². The smallest absolute Gasteiger partial charge is 0.185 e. The maximum Gasteiger partial charge on any atom is 0.185 e. The SMILES string of the molecule is O=C1C(=Cc2ccco2)CCCCC1=Cc1ccco1. The quantitative estimate of drug-likeness (QED) is 0.595. The van der Waals surface area contributed by atoms with Crippen LogP contribution in [0.3, 0.4) is 0 Å². The van der Waals surface area contributed by atoms with Crippen LogP contribution in [0.15, 0.2) is 56.8 Å². The van der Waals surface area contributed by atoms with E-state index >= 15 is 0 Å². The van der Waals surface area contributed by atoms with E-state index in [0.717, 1.165) is 48.3 Å². The minimum Gasteiger partial charge on any atom is -0.465 e. The second-order valence-electron chi connectivity index (χ2n) is 4.91. The molecule has 1 aliphatic carbocycles. The average molecular weight is 268 g/mol. The van der Waals surface area contributed by atoms with Crippen molar-refractivity contribution < 1.29 is 13.6 Å². The monoisotopic (exact) mass is 268 g/mol. The van der Waals surface area contributed by atoms with Crippen LogP contribution in [0.1, 0.15) is 37.2 Å². The number of allylic oxidation sites excluding steroid dienone is 2. The Morgan fingerprint density at radius 2 is 1.35 bits per heavy atom. The topological polar surface area (TPSA) is 43.4 Å². The third-order valence-electron chi connectivity index (χ3n) is 3.44. The zero-order chi connectivity index (χ0) is 13.8. The van der Waals surface area contributed by atoms with Gasteiger partial charge < -0.3 is 8.83 Å². The molecule has 2 aromatic rings. The Morgan fingerprint density at radius 3 is 1.75 bits per heavy atom. The normalized spacial score (nSPS) is 20.5. The summed E-state index contributed by atoms with van der Waals surface area (Å²) < 4.78 is 10.6. The molecule has 0 saturated heterocycles. The van der Waals surface area contributed by atoms with E-state index in [2.05, 4.69) is 0 Å². The van der Waals surface area contributed by atoms with Gasteiger partial charge in [0.25, 0.3) is 0 Å². The molecule has 0 bridgehead atoms. The number of hydrogen-bond donors (Lipinski definition) is 0. The largest absolute Gasteiger partial charge is 0.465 e. The second kappa shape index (κ2) is 5.78. The van der Waals surface area contributed by atoms with Crippen LogP contribution < -0.4 is 0 Å². The van der Waals surface area contributed by atoms with E-state index in [0.29, 0.717) is 0 Å². The summed E-state index contributed by atoms with van der Waals surface area (Å²) in [5.41, 5.74) is 1.63. The van der Waals surface area contributed by atoms with Gasteiger partial charge in [-0.2, -0.15) is 0 Å². The molecule has 3 heteroatoms. The summed E-state index contributed by atoms with van der Waals surface area (Å²) in [5, 5.41) is 0. The first-order valence-corrected chi connectivity index (χ1v) is 6.86. The summed E-state index contributed by atoms with van der Waals surface area (Å²) in [6.45, 7) is 0. The van der Waals surface area contributed by atoms with Gasteiger partial charge >= 0.3 is 0 Å². The van der Waals surface area contributed by atoms with Crippen molar-refractivity contribution in [1.82, 2.24) is 0 Å². The number of Topliss-reactive ketones (excluding diaryl/α,β-unsaturated/α-hetero) is 1. The zero-order valence-electron chi connectivity index (χ0n) is 11.2. The Morgan fingerprint density at radius 1 is 0.850 bits per heavy atom. The van der Waals surface area contributed by atoms with Gasteiger partial charge in [0.15, 0.2) is 5.78 Å². The number of hydrogen-bond acceptors (Lipinski definition) is 3. The van der Waals surface area contributed by atoms with E-state index in [1.165, 1.54) is 0 Å². The van der Waals surface area contributed by atoms with Crippen LogP contribution in [0, 0.1) is 0 Å². The molecule has 2 heterocycles.